The summed E-state index contributed by atoms with van der Waals surface area (Å²) >= 11 is 0. The summed E-state index contributed by atoms with van der Waals surface area (Å²) in [6, 6.07) is 10.9. The molecule has 2 aliphatic heterocycles. The van der Waals surface area contributed by atoms with Gasteiger partial charge < -0.3 is 19.5 Å². The monoisotopic (exact) mass is 450 g/mol. The number of hydrogen-bond donors (Lipinski definition) is 2. The van der Waals surface area contributed by atoms with Crippen LogP contribution in [0.4, 0.5) is 23.7 Å². The molecule has 7 nitrogen and oxygen atoms in total. The Kier molecular flexibility index (Phi) is 6.07. The molecule has 4 atom stereocenters. The molecular weight excluding hydrogens is 429 g/mol. The number of carbonyl (C=O) groups is 2. The fourth-order valence-electron chi connectivity index (χ4n) is 3.70. The van der Waals surface area contributed by atoms with Crippen LogP contribution in [0.25, 0.3) is 0 Å². The number of halogens is 3. The van der Waals surface area contributed by atoms with Crippen LogP contribution in [0, 0.1) is 6.92 Å². The zero-order chi connectivity index (χ0) is 22.9. The van der Waals surface area contributed by atoms with E-state index in [1.165, 1.54) is 12.1 Å². The van der Waals surface area contributed by atoms with E-state index in [2.05, 4.69) is 10.6 Å². The van der Waals surface area contributed by atoms with E-state index in [0.717, 1.165) is 17.7 Å². The van der Waals surface area contributed by atoms with Crippen molar-refractivity contribution in [2.45, 2.75) is 37.5 Å². The second kappa shape index (κ2) is 8.79. The lowest BCUT2D eigenvalue weighted by Gasteiger charge is -2.18. The van der Waals surface area contributed by atoms with Crippen molar-refractivity contribution in [2.75, 3.05) is 18.5 Å². The minimum atomic E-state index is -4.52. The first-order chi connectivity index (χ1) is 15.2. The molecule has 0 spiro atoms. The van der Waals surface area contributed by atoms with Crippen LogP contribution >= 0.6 is 0 Å². The van der Waals surface area contributed by atoms with E-state index < -0.39 is 42.2 Å². The predicted molar refractivity (Wildman–Crippen MR) is 107 cm³/mol. The summed E-state index contributed by atoms with van der Waals surface area (Å²) in [5.41, 5.74) is 0.611. The minimum absolute atomic E-state index is 0.0439. The number of alkyl halides is 3. The van der Waals surface area contributed by atoms with Gasteiger partial charge in [-0.15, -0.1) is 0 Å². The minimum Gasteiger partial charge on any atom is -0.441 e. The lowest BCUT2D eigenvalue weighted by atomic mass is 10.1. The Morgan fingerprint density at radius 1 is 1.03 bits per heavy atom. The van der Waals surface area contributed by atoms with E-state index in [-0.39, 0.29) is 24.8 Å². The number of fused-ring (bicyclic) bond motifs is 1. The smallest absolute Gasteiger partial charge is 0.416 e. The molecule has 170 valence electrons. The number of rotatable bonds is 4. The quantitative estimate of drug-likeness (QED) is 0.745. The number of hydrogen-bond acceptors (Lipinski definition) is 5. The van der Waals surface area contributed by atoms with Gasteiger partial charge in [0.25, 0.3) is 5.91 Å². The molecule has 2 heterocycles. The fraction of sp³-hybridized carbons (Fsp3) is 0.364. The van der Waals surface area contributed by atoms with E-state index >= 15 is 0 Å². The molecular formula is C22H21F3N2O5. The lowest BCUT2D eigenvalue weighted by molar-refractivity contribution is -0.137. The predicted octanol–water partition coefficient (Wildman–Crippen LogP) is 3.53. The average molecular weight is 450 g/mol. The first-order valence-electron chi connectivity index (χ1n) is 9.96. The van der Waals surface area contributed by atoms with Crippen LogP contribution in [-0.4, -0.2) is 49.6 Å². The van der Waals surface area contributed by atoms with Crippen LogP contribution in [0.5, 0.6) is 0 Å². The van der Waals surface area contributed by atoms with Gasteiger partial charge in [0.15, 0.2) is 6.10 Å². The lowest BCUT2D eigenvalue weighted by Crippen LogP contribution is -2.44. The summed E-state index contributed by atoms with van der Waals surface area (Å²) in [6.07, 6.45) is -7.30. The van der Waals surface area contributed by atoms with Gasteiger partial charge in [-0.2, -0.15) is 13.2 Å². The van der Waals surface area contributed by atoms with Crippen molar-refractivity contribution < 1.29 is 37.0 Å². The zero-order valence-corrected chi connectivity index (χ0v) is 17.0. The average Bonchev–Trinajstić information content (AvgIpc) is 3.31. The topological polar surface area (TPSA) is 85.9 Å². The van der Waals surface area contributed by atoms with Gasteiger partial charge in [0, 0.05) is 11.3 Å². The molecule has 0 saturated carbocycles. The zero-order valence-electron chi connectivity index (χ0n) is 17.0. The molecule has 10 heteroatoms. The molecule has 0 radical (unpaired) electrons. The highest BCUT2D eigenvalue weighted by Gasteiger charge is 2.50. The Hall–Kier alpha value is -3.11. The molecule has 32 heavy (non-hydrogen) atoms. The SMILES string of the molecule is Cc1ccc(C(=O)NC2COC3C(OC(=O)Nc4cccc(C(F)(F)F)c4)COC23)cc1. The van der Waals surface area contributed by atoms with E-state index in [1.54, 1.807) is 12.1 Å². The van der Waals surface area contributed by atoms with E-state index in [4.69, 9.17) is 14.2 Å². The van der Waals surface area contributed by atoms with Crippen molar-refractivity contribution in [2.24, 2.45) is 0 Å². The molecule has 2 N–H and O–H groups in total. The van der Waals surface area contributed by atoms with Crippen LogP contribution in [0.15, 0.2) is 48.5 Å². The first kappa shape index (κ1) is 22.1. The van der Waals surface area contributed by atoms with Crippen molar-refractivity contribution in [3.8, 4) is 0 Å². The maximum absolute atomic E-state index is 12.8. The molecule has 4 rings (SSSR count). The molecule has 2 fully saturated rings. The van der Waals surface area contributed by atoms with Crippen molar-refractivity contribution in [3.05, 3.63) is 65.2 Å². The second-order valence-corrected chi connectivity index (χ2v) is 7.69. The third kappa shape index (κ3) is 4.86. The molecule has 2 aromatic carbocycles. The highest BCUT2D eigenvalue weighted by molar-refractivity contribution is 5.94. The summed E-state index contributed by atoms with van der Waals surface area (Å²) in [4.78, 5) is 24.7. The standard InChI is InChI=1S/C22H21F3N2O5/c1-12-5-7-13(8-6-12)20(28)27-16-10-30-19-17(11-31-18(16)19)32-21(29)26-15-4-2-3-14(9-15)22(23,24)25/h2-9,16-19H,10-11H2,1H3,(H,26,29)(H,27,28). The molecule has 0 aromatic heterocycles. The molecule has 2 saturated heterocycles. The number of benzene rings is 2. The largest absolute Gasteiger partial charge is 0.441 e. The maximum Gasteiger partial charge on any atom is 0.416 e. The number of amides is 2. The Balaban J connectivity index is 1.32. The van der Waals surface area contributed by atoms with Gasteiger partial charge in [0.05, 0.1) is 24.8 Å². The van der Waals surface area contributed by atoms with Gasteiger partial charge >= 0.3 is 12.3 Å². The molecule has 0 bridgehead atoms. The van der Waals surface area contributed by atoms with Crippen molar-refractivity contribution in [1.82, 2.24) is 5.32 Å². The van der Waals surface area contributed by atoms with Crippen molar-refractivity contribution in [3.63, 3.8) is 0 Å². The summed E-state index contributed by atoms with van der Waals surface area (Å²) in [7, 11) is 0. The maximum atomic E-state index is 12.8. The Bertz CT molecular complexity index is 996. The van der Waals surface area contributed by atoms with Crippen LogP contribution in [0.2, 0.25) is 0 Å². The molecule has 2 aromatic rings. The number of nitrogens with one attached hydrogen (secondary N) is 2. The summed E-state index contributed by atoms with van der Waals surface area (Å²) in [5, 5.41) is 5.16. The van der Waals surface area contributed by atoms with Crippen LogP contribution in [-0.2, 0) is 20.4 Å². The summed E-state index contributed by atoms with van der Waals surface area (Å²) < 4.78 is 55.1. The van der Waals surface area contributed by atoms with Crippen LogP contribution < -0.4 is 10.6 Å². The fourth-order valence-corrected chi connectivity index (χ4v) is 3.70. The number of aryl methyl sites for hydroxylation is 1. The van der Waals surface area contributed by atoms with Crippen molar-refractivity contribution >= 4 is 17.7 Å². The number of anilines is 1. The van der Waals surface area contributed by atoms with E-state index in [1.807, 2.05) is 19.1 Å². The van der Waals surface area contributed by atoms with Gasteiger partial charge in [-0.3, -0.25) is 10.1 Å². The molecule has 4 unspecified atom stereocenters. The molecule has 2 amide bonds. The second-order valence-electron chi connectivity index (χ2n) is 7.69. The van der Waals surface area contributed by atoms with Crippen LogP contribution in [0.1, 0.15) is 21.5 Å². The Morgan fingerprint density at radius 2 is 1.75 bits per heavy atom. The molecule has 0 aliphatic carbocycles. The van der Waals surface area contributed by atoms with Crippen molar-refractivity contribution in [1.29, 1.82) is 0 Å². The van der Waals surface area contributed by atoms with Crippen LogP contribution in [0.3, 0.4) is 0 Å². The molecule has 2 aliphatic rings. The van der Waals surface area contributed by atoms with E-state index in [0.29, 0.717) is 5.56 Å². The highest BCUT2D eigenvalue weighted by atomic mass is 19.4. The normalized spacial score (nSPS) is 24.6. The van der Waals surface area contributed by atoms with Gasteiger partial charge in [-0.1, -0.05) is 23.8 Å². The van der Waals surface area contributed by atoms with E-state index in [9.17, 15) is 22.8 Å². The number of ether oxygens (including phenoxy) is 3. The van der Waals surface area contributed by atoms with Gasteiger partial charge in [-0.25, -0.2) is 4.79 Å². The highest BCUT2D eigenvalue weighted by Crippen LogP contribution is 2.31. The Labute approximate surface area is 181 Å². The summed E-state index contributed by atoms with van der Waals surface area (Å²) in [5.74, 6) is -0.269. The Morgan fingerprint density at radius 3 is 2.47 bits per heavy atom. The van der Waals surface area contributed by atoms with Gasteiger partial charge in [-0.05, 0) is 37.3 Å². The van der Waals surface area contributed by atoms with Gasteiger partial charge in [0.1, 0.15) is 12.2 Å². The van der Waals surface area contributed by atoms with Gasteiger partial charge in [0.2, 0.25) is 0 Å². The first-order valence-corrected chi connectivity index (χ1v) is 9.96. The summed E-state index contributed by atoms with van der Waals surface area (Å²) in [6.45, 7) is 2.15. The third-order valence-corrected chi connectivity index (χ3v) is 5.33. The third-order valence-electron chi connectivity index (χ3n) is 5.33. The number of carbonyl (C=O) groups excluding carboxylic acids is 2.